The number of alkyl halides is 3. The Labute approximate surface area is 140 Å². The molecule has 3 nitrogen and oxygen atoms in total. The van der Waals surface area contributed by atoms with Gasteiger partial charge in [-0.3, -0.25) is 4.79 Å². The van der Waals surface area contributed by atoms with Gasteiger partial charge in [-0.25, -0.2) is 4.98 Å². The molecule has 1 aromatic carbocycles. The van der Waals surface area contributed by atoms with Crippen molar-refractivity contribution in [1.82, 2.24) is 4.98 Å². The highest BCUT2D eigenvalue weighted by molar-refractivity contribution is 7.17. The van der Waals surface area contributed by atoms with Gasteiger partial charge in [0.25, 0.3) is 5.91 Å². The predicted octanol–water partition coefficient (Wildman–Crippen LogP) is 5.27. The van der Waals surface area contributed by atoms with E-state index in [4.69, 9.17) is 11.6 Å². The van der Waals surface area contributed by atoms with E-state index in [0.717, 1.165) is 5.56 Å². The number of carbonyl (C=O) groups is 1. The topological polar surface area (TPSA) is 42.0 Å². The zero-order valence-electron chi connectivity index (χ0n) is 12.4. The summed E-state index contributed by atoms with van der Waals surface area (Å²) in [5.41, 5.74) is 0.0928. The van der Waals surface area contributed by atoms with Gasteiger partial charge in [-0.05, 0) is 24.0 Å². The first kappa shape index (κ1) is 17.7. The molecule has 1 N–H and O–H groups in total. The first-order valence-electron chi connectivity index (χ1n) is 6.81. The van der Waals surface area contributed by atoms with E-state index in [-0.39, 0.29) is 4.47 Å². The number of benzene rings is 1. The van der Waals surface area contributed by atoms with Gasteiger partial charge >= 0.3 is 6.18 Å². The fourth-order valence-electron chi connectivity index (χ4n) is 2.08. The number of hydrogen-bond acceptors (Lipinski definition) is 3. The predicted molar refractivity (Wildman–Crippen MR) is 85.1 cm³/mol. The molecule has 1 amide bonds. The molecule has 124 valence electrons. The zero-order chi connectivity index (χ0) is 17.2. The standard InChI is InChI=1S/C15H14ClF3N2OS/c1-8(2)7-9-5-3-4-6-10(9)20-13(22)11-12(15(17,18)19)21-14(16)23-11/h3-6,8H,7H2,1-2H3,(H,20,22). The van der Waals surface area contributed by atoms with Gasteiger partial charge in [0.15, 0.2) is 10.2 Å². The number of thiazole rings is 1. The third kappa shape index (κ3) is 4.45. The molecule has 0 saturated carbocycles. The maximum absolute atomic E-state index is 12.9. The minimum Gasteiger partial charge on any atom is -0.321 e. The number of rotatable bonds is 4. The number of halogens is 4. The summed E-state index contributed by atoms with van der Waals surface area (Å²) in [6, 6.07) is 7.02. The number of amides is 1. The van der Waals surface area contributed by atoms with Gasteiger partial charge in [0.05, 0.1) is 0 Å². The Hall–Kier alpha value is -1.60. The molecule has 0 radical (unpaired) electrons. The Morgan fingerprint density at radius 3 is 2.61 bits per heavy atom. The van der Waals surface area contributed by atoms with Gasteiger partial charge in [-0.2, -0.15) is 13.2 Å². The summed E-state index contributed by atoms with van der Waals surface area (Å²) in [5, 5.41) is 2.53. The summed E-state index contributed by atoms with van der Waals surface area (Å²) in [5.74, 6) is -0.519. The molecule has 0 fully saturated rings. The summed E-state index contributed by atoms with van der Waals surface area (Å²) in [6.07, 6.45) is -4.03. The van der Waals surface area contributed by atoms with Crippen molar-refractivity contribution in [1.29, 1.82) is 0 Å². The van der Waals surface area contributed by atoms with Crippen LogP contribution in [0.25, 0.3) is 0 Å². The lowest BCUT2D eigenvalue weighted by atomic mass is 10.0. The number of carbonyl (C=O) groups excluding carboxylic acids is 1. The van der Waals surface area contributed by atoms with E-state index in [1.54, 1.807) is 12.1 Å². The Bertz CT molecular complexity index is 713. The summed E-state index contributed by atoms with van der Waals surface area (Å²) in [6.45, 7) is 4.03. The SMILES string of the molecule is CC(C)Cc1ccccc1NC(=O)c1sc(Cl)nc1C(F)(F)F. The van der Waals surface area contributed by atoms with Gasteiger partial charge in [0, 0.05) is 5.69 Å². The van der Waals surface area contributed by atoms with Crippen molar-refractivity contribution >= 4 is 34.5 Å². The summed E-state index contributed by atoms with van der Waals surface area (Å²) in [7, 11) is 0. The zero-order valence-corrected chi connectivity index (χ0v) is 13.9. The number of hydrogen-bond donors (Lipinski definition) is 1. The van der Waals surface area contributed by atoms with E-state index in [9.17, 15) is 18.0 Å². The summed E-state index contributed by atoms with van der Waals surface area (Å²) < 4.78 is 38.4. The molecule has 1 aromatic heterocycles. The molecule has 2 rings (SSSR count). The molecule has 23 heavy (non-hydrogen) atoms. The molecule has 8 heteroatoms. The molecule has 0 aliphatic carbocycles. The molecular weight excluding hydrogens is 349 g/mol. The first-order chi connectivity index (χ1) is 10.7. The van der Waals surface area contributed by atoms with E-state index in [0.29, 0.717) is 29.4 Å². The van der Waals surface area contributed by atoms with Crippen molar-refractivity contribution < 1.29 is 18.0 Å². The van der Waals surface area contributed by atoms with E-state index in [1.165, 1.54) is 0 Å². The molecule has 0 bridgehead atoms. The third-order valence-electron chi connectivity index (χ3n) is 2.97. The number of aromatic nitrogens is 1. The van der Waals surface area contributed by atoms with Gasteiger partial charge < -0.3 is 5.32 Å². The van der Waals surface area contributed by atoms with Crippen LogP contribution >= 0.6 is 22.9 Å². The molecular formula is C15H14ClF3N2OS. The fourth-order valence-corrected chi connectivity index (χ4v) is 3.10. The average molecular weight is 363 g/mol. The highest BCUT2D eigenvalue weighted by atomic mass is 35.5. The summed E-state index contributed by atoms with van der Waals surface area (Å²) in [4.78, 5) is 14.9. The van der Waals surface area contributed by atoms with Crippen molar-refractivity contribution in [3.8, 4) is 0 Å². The lowest BCUT2D eigenvalue weighted by molar-refractivity contribution is -0.141. The second-order valence-electron chi connectivity index (χ2n) is 5.35. The maximum atomic E-state index is 12.9. The normalized spacial score (nSPS) is 11.8. The van der Waals surface area contributed by atoms with Gasteiger partial charge in [-0.15, -0.1) is 0 Å². The molecule has 0 aliphatic rings. The molecule has 0 aliphatic heterocycles. The number of nitrogens with one attached hydrogen (secondary N) is 1. The monoisotopic (exact) mass is 362 g/mol. The van der Waals surface area contributed by atoms with Crippen LogP contribution in [0.2, 0.25) is 4.47 Å². The fraction of sp³-hybridized carbons (Fsp3) is 0.333. The second-order valence-corrected chi connectivity index (χ2v) is 6.93. The van der Waals surface area contributed by atoms with Crippen molar-refractivity contribution in [3.05, 3.63) is 44.9 Å². The Balaban J connectivity index is 2.31. The quantitative estimate of drug-likeness (QED) is 0.805. The summed E-state index contributed by atoms with van der Waals surface area (Å²) >= 11 is 6.06. The Morgan fingerprint density at radius 1 is 1.35 bits per heavy atom. The van der Waals surface area contributed by atoms with Crippen molar-refractivity contribution in [2.45, 2.75) is 26.4 Å². The number of anilines is 1. The third-order valence-corrected chi connectivity index (χ3v) is 4.13. The average Bonchev–Trinajstić information content (AvgIpc) is 2.83. The molecule has 1 heterocycles. The van der Waals surface area contributed by atoms with Gasteiger partial charge in [-0.1, -0.05) is 55.0 Å². The lowest BCUT2D eigenvalue weighted by Crippen LogP contribution is -2.18. The van der Waals surface area contributed by atoms with Crippen LogP contribution in [0.1, 0.15) is 34.8 Å². The van der Waals surface area contributed by atoms with Crippen LogP contribution in [0.5, 0.6) is 0 Å². The van der Waals surface area contributed by atoms with Crippen molar-refractivity contribution in [2.24, 2.45) is 5.92 Å². The first-order valence-corrected chi connectivity index (χ1v) is 8.00. The largest absolute Gasteiger partial charge is 0.435 e. The smallest absolute Gasteiger partial charge is 0.321 e. The van der Waals surface area contributed by atoms with E-state index in [2.05, 4.69) is 10.3 Å². The molecule has 0 atom stereocenters. The second kappa shape index (κ2) is 6.88. The molecule has 0 unspecified atom stereocenters. The van der Waals surface area contributed by atoms with E-state index < -0.39 is 22.7 Å². The molecule has 0 spiro atoms. The Morgan fingerprint density at radius 2 is 2.00 bits per heavy atom. The van der Waals surface area contributed by atoms with Crippen LogP contribution in [-0.4, -0.2) is 10.9 Å². The highest BCUT2D eigenvalue weighted by Crippen LogP contribution is 2.36. The van der Waals surface area contributed by atoms with Crippen LogP contribution in [0, 0.1) is 5.92 Å². The van der Waals surface area contributed by atoms with Crippen molar-refractivity contribution in [3.63, 3.8) is 0 Å². The highest BCUT2D eigenvalue weighted by Gasteiger charge is 2.39. The number of nitrogens with zero attached hydrogens (tertiary/aromatic N) is 1. The Kier molecular flexibility index (Phi) is 5.31. The van der Waals surface area contributed by atoms with E-state index >= 15 is 0 Å². The van der Waals surface area contributed by atoms with Gasteiger partial charge in [0.1, 0.15) is 4.88 Å². The van der Waals surface area contributed by atoms with E-state index in [1.807, 2.05) is 26.0 Å². The van der Waals surface area contributed by atoms with Crippen molar-refractivity contribution in [2.75, 3.05) is 5.32 Å². The lowest BCUT2D eigenvalue weighted by Gasteiger charge is -2.13. The van der Waals surface area contributed by atoms with Gasteiger partial charge in [0.2, 0.25) is 0 Å². The molecule has 0 saturated heterocycles. The van der Waals surface area contributed by atoms with Crippen LogP contribution < -0.4 is 5.32 Å². The molecule has 2 aromatic rings. The minimum atomic E-state index is -4.73. The van der Waals surface area contributed by atoms with Crippen LogP contribution in [0.3, 0.4) is 0 Å². The van der Waals surface area contributed by atoms with Crippen LogP contribution in [0.4, 0.5) is 18.9 Å². The van der Waals surface area contributed by atoms with Crippen LogP contribution in [0.15, 0.2) is 24.3 Å². The van der Waals surface area contributed by atoms with Crippen LogP contribution in [-0.2, 0) is 12.6 Å². The number of para-hydroxylation sites is 1. The minimum absolute atomic E-state index is 0.321. The maximum Gasteiger partial charge on any atom is 0.435 e.